The van der Waals surface area contributed by atoms with Crippen LogP contribution in [0.3, 0.4) is 0 Å². The van der Waals surface area contributed by atoms with Crippen molar-refractivity contribution in [2.75, 3.05) is 14.2 Å². The van der Waals surface area contributed by atoms with Gasteiger partial charge >= 0.3 is 0 Å². The third-order valence-corrected chi connectivity index (χ3v) is 5.87. The molecule has 0 radical (unpaired) electrons. The summed E-state index contributed by atoms with van der Waals surface area (Å²) in [7, 11) is 2.85. The molecule has 2 aromatic rings. The van der Waals surface area contributed by atoms with Gasteiger partial charge in [-0.2, -0.15) is 0 Å². The number of hydrogen-bond acceptors (Lipinski definition) is 7. The van der Waals surface area contributed by atoms with E-state index in [1.54, 1.807) is 6.07 Å². The minimum atomic E-state index is -0.768. The van der Waals surface area contributed by atoms with Crippen LogP contribution in [0.1, 0.15) is 69.7 Å². The van der Waals surface area contributed by atoms with E-state index in [9.17, 15) is 14.7 Å². The molecule has 7 heteroatoms. The lowest BCUT2D eigenvalue weighted by Gasteiger charge is -2.44. The van der Waals surface area contributed by atoms with E-state index in [0.29, 0.717) is 17.1 Å². The number of hydrogen-bond donors (Lipinski definition) is 1. The summed E-state index contributed by atoms with van der Waals surface area (Å²) in [5, 5.41) is 9.98. The predicted octanol–water partition coefficient (Wildman–Crippen LogP) is 3.54. The number of benzene rings is 2. The fourth-order valence-electron chi connectivity index (χ4n) is 4.64. The first-order valence-corrected chi connectivity index (χ1v) is 9.49. The van der Waals surface area contributed by atoms with E-state index in [1.807, 2.05) is 6.92 Å². The molecular formula is C22H20O7. The van der Waals surface area contributed by atoms with Crippen molar-refractivity contribution in [2.45, 2.75) is 38.1 Å². The fraction of sp³-hybridized carbons (Fsp3) is 0.364. The molecule has 1 fully saturated rings. The first kappa shape index (κ1) is 18.0. The van der Waals surface area contributed by atoms with Crippen LogP contribution in [0.5, 0.6) is 23.0 Å². The Labute approximate surface area is 167 Å². The molecule has 29 heavy (non-hydrogen) atoms. The van der Waals surface area contributed by atoms with Crippen LogP contribution in [-0.2, 0) is 4.74 Å². The zero-order chi connectivity index (χ0) is 20.5. The molecule has 5 rings (SSSR count). The molecule has 0 saturated carbocycles. The molecule has 2 aromatic carbocycles. The van der Waals surface area contributed by atoms with Gasteiger partial charge in [-0.1, -0.05) is 0 Å². The Morgan fingerprint density at radius 1 is 1.07 bits per heavy atom. The number of ketones is 2. The van der Waals surface area contributed by atoms with Crippen molar-refractivity contribution in [2.24, 2.45) is 0 Å². The number of phenolic OH excluding ortho intramolecular Hbond substituents is 1. The number of carbonyl (C=O) groups excluding carboxylic acids is 2. The van der Waals surface area contributed by atoms with E-state index in [4.69, 9.17) is 18.9 Å². The Kier molecular flexibility index (Phi) is 3.70. The van der Waals surface area contributed by atoms with Gasteiger partial charge in [0, 0.05) is 30.5 Å². The van der Waals surface area contributed by atoms with Crippen LogP contribution in [0.4, 0.5) is 0 Å². The number of phenols is 1. The molecule has 0 amide bonds. The van der Waals surface area contributed by atoms with Crippen molar-refractivity contribution in [3.05, 3.63) is 46.0 Å². The van der Waals surface area contributed by atoms with Gasteiger partial charge in [0.25, 0.3) is 0 Å². The normalized spacial score (nSPS) is 24.2. The molecular weight excluding hydrogens is 376 g/mol. The molecule has 2 heterocycles. The second-order valence-electron chi connectivity index (χ2n) is 7.71. The Morgan fingerprint density at radius 2 is 1.83 bits per heavy atom. The number of aromatic hydroxyl groups is 1. The van der Waals surface area contributed by atoms with Crippen molar-refractivity contribution < 1.29 is 33.6 Å². The minimum absolute atomic E-state index is 0.0971. The summed E-state index contributed by atoms with van der Waals surface area (Å²) in [5.74, 6) is -0.772. The van der Waals surface area contributed by atoms with Crippen molar-refractivity contribution in [3.63, 3.8) is 0 Å². The largest absolute Gasteiger partial charge is 0.508 e. The van der Waals surface area contributed by atoms with Crippen molar-refractivity contribution in [3.8, 4) is 23.0 Å². The SMILES string of the molecule is COc1cc(O)cc2c1C(=O)c1c(cc3c(c1OC)[C@H]1CCC[C@@](C)(O3)O1)C2=O. The summed E-state index contributed by atoms with van der Waals surface area (Å²) in [6.45, 7) is 1.87. The second kappa shape index (κ2) is 5.97. The zero-order valence-electron chi connectivity index (χ0n) is 16.3. The standard InChI is InChI=1S/C22H20O7/c1-22-6-4-5-13(28-22)18-15(29-22)9-12-17(21(18)27-3)20(25)16-11(19(12)24)7-10(23)8-14(16)26-2/h7-9,13,23H,4-6H2,1-3H3/t13-,22-/m1/s1. The Bertz CT molecular complexity index is 1090. The third kappa shape index (κ3) is 2.40. The summed E-state index contributed by atoms with van der Waals surface area (Å²) in [6, 6.07) is 4.21. The van der Waals surface area contributed by atoms with Gasteiger partial charge in [0.05, 0.1) is 37.0 Å². The molecule has 150 valence electrons. The average molecular weight is 396 g/mol. The highest BCUT2D eigenvalue weighted by Crippen LogP contribution is 2.53. The lowest BCUT2D eigenvalue weighted by atomic mass is 9.80. The fourth-order valence-corrected chi connectivity index (χ4v) is 4.64. The Balaban J connectivity index is 1.80. The molecule has 0 aromatic heterocycles. The molecule has 3 aliphatic rings. The smallest absolute Gasteiger partial charge is 0.208 e. The van der Waals surface area contributed by atoms with Gasteiger partial charge in [-0.3, -0.25) is 9.59 Å². The van der Waals surface area contributed by atoms with Gasteiger partial charge in [-0.15, -0.1) is 0 Å². The van der Waals surface area contributed by atoms with Crippen LogP contribution >= 0.6 is 0 Å². The molecule has 1 saturated heterocycles. The molecule has 1 N–H and O–H groups in total. The third-order valence-electron chi connectivity index (χ3n) is 5.87. The Morgan fingerprint density at radius 3 is 2.55 bits per heavy atom. The second-order valence-corrected chi connectivity index (χ2v) is 7.71. The van der Waals surface area contributed by atoms with Gasteiger partial charge in [-0.25, -0.2) is 0 Å². The molecule has 2 aliphatic heterocycles. The van der Waals surface area contributed by atoms with E-state index in [1.165, 1.54) is 26.4 Å². The summed E-state index contributed by atoms with van der Waals surface area (Å²) in [6.07, 6.45) is 2.16. The monoisotopic (exact) mass is 396 g/mol. The highest BCUT2D eigenvalue weighted by atomic mass is 16.7. The number of carbonyl (C=O) groups is 2. The summed E-state index contributed by atoms with van der Waals surface area (Å²) in [5.41, 5.74) is 1.24. The number of fused-ring (bicyclic) bond motifs is 6. The molecule has 2 bridgehead atoms. The minimum Gasteiger partial charge on any atom is -0.508 e. The summed E-state index contributed by atoms with van der Waals surface area (Å²) in [4.78, 5) is 26.8. The molecule has 2 atom stereocenters. The summed E-state index contributed by atoms with van der Waals surface area (Å²) < 4.78 is 23.1. The van der Waals surface area contributed by atoms with Crippen LogP contribution < -0.4 is 14.2 Å². The topological polar surface area (TPSA) is 91.3 Å². The maximum Gasteiger partial charge on any atom is 0.208 e. The van der Waals surface area contributed by atoms with Crippen molar-refractivity contribution in [1.29, 1.82) is 0 Å². The zero-order valence-corrected chi connectivity index (χ0v) is 16.3. The van der Waals surface area contributed by atoms with Crippen LogP contribution in [0.2, 0.25) is 0 Å². The highest BCUT2D eigenvalue weighted by molar-refractivity contribution is 6.30. The van der Waals surface area contributed by atoms with Crippen molar-refractivity contribution >= 4 is 11.6 Å². The van der Waals surface area contributed by atoms with Crippen LogP contribution in [0.25, 0.3) is 0 Å². The number of ether oxygens (including phenoxy) is 4. The van der Waals surface area contributed by atoms with Gasteiger partial charge in [0.2, 0.25) is 11.6 Å². The van der Waals surface area contributed by atoms with Crippen LogP contribution in [0.15, 0.2) is 18.2 Å². The lowest BCUT2D eigenvalue weighted by Crippen LogP contribution is -2.44. The maximum atomic E-state index is 13.5. The van der Waals surface area contributed by atoms with Gasteiger partial charge < -0.3 is 24.1 Å². The first-order chi connectivity index (χ1) is 13.9. The van der Waals surface area contributed by atoms with E-state index < -0.39 is 17.4 Å². The van der Waals surface area contributed by atoms with Gasteiger partial charge in [0.15, 0.2) is 5.78 Å². The van der Waals surface area contributed by atoms with Gasteiger partial charge in [-0.05, 0) is 25.0 Å². The lowest BCUT2D eigenvalue weighted by molar-refractivity contribution is -0.243. The highest BCUT2D eigenvalue weighted by Gasteiger charge is 2.46. The molecule has 0 unspecified atom stereocenters. The average Bonchev–Trinajstić information content (AvgIpc) is 2.69. The predicted molar refractivity (Wildman–Crippen MR) is 101 cm³/mol. The van der Waals surface area contributed by atoms with E-state index in [0.717, 1.165) is 19.3 Å². The quantitative estimate of drug-likeness (QED) is 0.708. The Hall–Kier alpha value is -3.06. The van der Waals surface area contributed by atoms with E-state index in [-0.39, 0.29) is 39.9 Å². The number of rotatable bonds is 2. The van der Waals surface area contributed by atoms with Gasteiger partial charge in [0.1, 0.15) is 23.0 Å². The molecule has 7 nitrogen and oxygen atoms in total. The maximum absolute atomic E-state index is 13.5. The molecule has 1 aliphatic carbocycles. The van der Waals surface area contributed by atoms with E-state index >= 15 is 0 Å². The summed E-state index contributed by atoms with van der Waals surface area (Å²) >= 11 is 0. The van der Waals surface area contributed by atoms with E-state index in [2.05, 4.69) is 0 Å². The molecule has 0 spiro atoms. The van der Waals surface area contributed by atoms with Crippen LogP contribution in [0, 0.1) is 0 Å². The first-order valence-electron chi connectivity index (χ1n) is 9.49. The van der Waals surface area contributed by atoms with Crippen molar-refractivity contribution in [1.82, 2.24) is 0 Å². The number of methoxy groups -OCH3 is 2. The van der Waals surface area contributed by atoms with Crippen LogP contribution in [-0.4, -0.2) is 36.7 Å².